The van der Waals surface area contributed by atoms with Crippen molar-refractivity contribution in [2.24, 2.45) is 0 Å². The Hall–Kier alpha value is -0.460. The van der Waals surface area contributed by atoms with Crippen LogP contribution in [0.2, 0.25) is 0 Å². The number of aromatic nitrogens is 1. The zero-order valence-corrected chi connectivity index (χ0v) is 12.7. The molecule has 0 amide bonds. The van der Waals surface area contributed by atoms with Crippen molar-refractivity contribution in [3.05, 3.63) is 50.0 Å². The van der Waals surface area contributed by atoms with E-state index < -0.39 is 0 Å². The molecule has 1 atom stereocenters. The molecule has 1 N–H and O–H groups in total. The van der Waals surface area contributed by atoms with Crippen molar-refractivity contribution < 1.29 is 0 Å². The highest BCUT2D eigenvalue weighted by Gasteiger charge is 2.10. The van der Waals surface area contributed by atoms with Crippen LogP contribution in [0.15, 0.2) is 35.8 Å². The summed E-state index contributed by atoms with van der Waals surface area (Å²) in [7, 11) is 0. The third-order valence-corrected chi connectivity index (χ3v) is 4.16. The monoisotopic (exact) mass is 358 g/mol. The van der Waals surface area contributed by atoms with Crippen molar-refractivity contribution in [3.63, 3.8) is 0 Å². The van der Waals surface area contributed by atoms with Gasteiger partial charge in [0, 0.05) is 21.7 Å². The lowest BCUT2D eigenvalue weighted by Crippen LogP contribution is -2.20. The van der Waals surface area contributed by atoms with Crippen LogP contribution in [0.4, 0.5) is 0 Å². The van der Waals surface area contributed by atoms with Gasteiger partial charge in [-0.2, -0.15) is 0 Å². The van der Waals surface area contributed by atoms with E-state index in [1.54, 1.807) is 11.3 Å². The topological polar surface area (TPSA) is 24.9 Å². The lowest BCUT2D eigenvalue weighted by molar-refractivity contribution is 0.516. The Morgan fingerprint density at radius 2 is 2.35 bits per heavy atom. The van der Waals surface area contributed by atoms with Gasteiger partial charge in [0.2, 0.25) is 0 Å². The van der Waals surface area contributed by atoms with Gasteiger partial charge in [0.1, 0.15) is 5.01 Å². The SMILES string of the molecule is CCC(NCc1cccc(I)c1)c1nccs1. The molecule has 0 saturated heterocycles. The second-order valence-corrected chi connectivity index (χ2v) is 6.01. The van der Waals surface area contributed by atoms with Crippen molar-refractivity contribution in [2.45, 2.75) is 25.9 Å². The Kier molecular flexibility index (Phi) is 4.94. The number of hydrogen-bond donors (Lipinski definition) is 1. The maximum atomic E-state index is 4.37. The van der Waals surface area contributed by atoms with Crippen LogP contribution in [0.5, 0.6) is 0 Å². The molecule has 1 aromatic carbocycles. The zero-order valence-electron chi connectivity index (χ0n) is 9.69. The summed E-state index contributed by atoms with van der Waals surface area (Å²) < 4.78 is 1.28. The molecule has 1 aromatic heterocycles. The lowest BCUT2D eigenvalue weighted by Gasteiger charge is -2.14. The Bertz CT molecular complexity index is 456. The molecule has 1 unspecified atom stereocenters. The molecule has 2 rings (SSSR count). The highest BCUT2D eigenvalue weighted by atomic mass is 127. The first-order valence-electron chi connectivity index (χ1n) is 5.67. The van der Waals surface area contributed by atoms with Crippen LogP contribution in [0, 0.1) is 3.57 Å². The van der Waals surface area contributed by atoms with E-state index in [2.05, 4.69) is 64.1 Å². The molecular formula is C13H15IN2S. The number of nitrogens with zero attached hydrogens (tertiary/aromatic N) is 1. The summed E-state index contributed by atoms with van der Waals surface area (Å²) in [4.78, 5) is 4.37. The van der Waals surface area contributed by atoms with Crippen molar-refractivity contribution in [1.82, 2.24) is 10.3 Å². The number of nitrogens with one attached hydrogen (secondary N) is 1. The summed E-state index contributed by atoms with van der Waals surface area (Å²) in [5.74, 6) is 0. The Labute approximate surface area is 120 Å². The van der Waals surface area contributed by atoms with Gasteiger partial charge in [-0.25, -0.2) is 4.98 Å². The van der Waals surface area contributed by atoms with E-state index in [1.807, 2.05) is 11.6 Å². The number of halogens is 1. The second-order valence-electron chi connectivity index (χ2n) is 3.84. The molecule has 4 heteroatoms. The van der Waals surface area contributed by atoms with E-state index in [-0.39, 0.29) is 0 Å². The molecule has 0 saturated carbocycles. The molecule has 0 fully saturated rings. The highest BCUT2D eigenvalue weighted by molar-refractivity contribution is 14.1. The Morgan fingerprint density at radius 3 is 3.00 bits per heavy atom. The average Bonchev–Trinajstić information content (AvgIpc) is 2.84. The number of thiazole rings is 1. The summed E-state index contributed by atoms with van der Waals surface area (Å²) in [6.07, 6.45) is 2.94. The maximum Gasteiger partial charge on any atom is 0.109 e. The first-order chi connectivity index (χ1) is 8.29. The molecule has 0 radical (unpaired) electrons. The van der Waals surface area contributed by atoms with Gasteiger partial charge in [0.15, 0.2) is 0 Å². The quantitative estimate of drug-likeness (QED) is 0.818. The van der Waals surface area contributed by atoms with Crippen molar-refractivity contribution in [1.29, 1.82) is 0 Å². The number of rotatable bonds is 5. The number of benzene rings is 1. The van der Waals surface area contributed by atoms with E-state index in [9.17, 15) is 0 Å². The molecule has 0 spiro atoms. The van der Waals surface area contributed by atoms with E-state index in [4.69, 9.17) is 0 Å². The van der Waals surface area contributed by atoms with Crippen LogP contribution in [0.1, 0.15) is 30.0 Å². The third-order valence-electron chi connectivity index (χ3n) is 2.60. The minimum absolute atomic E-state index is 0.368. The van der Waals surface area contributed by atoms with Gasteiger partial charge in [-0.05, 0) is 46.7 Å². The first kappa shape index (κ1) is 13.0. The maximum absolute atomic E-state index is 4.37. The van der Waals surface area contributed by atoms with Crippen LogP contribution >= 0.6 is 33.9 Å². The molecule has 2 aromatic rings. The summed E-state index contributed by atoms with van der Waals surface area (Å²) in [5.41, 5.74) is 1.33. The van der Waals surface area contributed by atoms with Gasteiger partial charge in [-0.15, -0.1) is 11.3 Å². The molecule has 0 aliphatic heterocycles. The fourth-order valence-corrected chi connectivity index (χ4v) is 3.11. The van der Waals surface area contributed by atoms with Crippen molar-refractivity contribution >= 4 is 33.9 Å². The third kappa shape index (κ3) is 3.76. The normalized spacial score (nSPS) is 12.6. The minimum atomic E-state index is 0.368. The van der Waals surface area contributed by atoms with Gasteiger partial charge < -0.3 is 5.32 Å². The minimum Gasteiger partial charge on any atom is -0.304 e. The number of hydrogen-bond acceptors (Lipinski definition) is 3. The van der Waals surface area contributed by atoms with Gasteiger partial charge in [0.25, 0.3) is 0 Å². The predicted molar refractivity (Wildman–Crippen MR) is 81.1 cm³/mol. The van der Waals surface area contributed by atoms with Gasteiger partial charge in [-0.1, -0.05) is 19.1 Å². The van der Waals surface area contributed by atoms with Crippen LogP contribution in [-0.2, 0) is 6.54 Å². The summed E-state index contributed by atoms with van der Waals surface area (Å²) in [5, 5.41) is 6.77. The van der Waals surface area contributed by atoms with Crippen LogP contribution < -0.4 is 5.32 Å². The smallest absolute Gasteiger partial charge is 0.109 e. The van der Waals surface area contributed by atoms with Crippen LogP contribution in [-0.4, -0.2) is 4.98 Å². The van der Waals surface area contributed by atoms with E-state index in [0.29, 0.717) is 6.04 Å². The van der Waals surface area contributed by atoms with Crippen molar-refractivity contribution in [3.8, 4) is 0 Å². The molecule has 0 aliphatic rings. The van der Waals surface area contributed by atoms with Crippen LogP contribution in [0.3, 0.4) is 0 Å². The zero-order chi connectivity index (χ0) is 12.1. The average molecular weight is 358 g/mol. The largest absolute Gasteiger partial charge is 0.304 e. The molecule has 0 aliphatic carbocycles. The molecular weight excluding hydrogens is 343 g/mol. The molecule has 1 heterocycles. The van der Waals surface area contributed by atoms with Crippen molar-refractivity contribution in [2.75, 3.05) is 0 Å². The Balaban J connectivity index is 1.97. The molecule has 0 bridgehead atoms. The van der Waals surface area contributed by atoms with Crippen LogP contribution in [0.25, 0.3) is 0 Å². The Morgan fingerprint density at radius 1 is 1.47 bits per heavy atom. The fraction of sp³-hybridized carbons (Fsp3) is 0.308. The van der Waals surface area contributed by atoms with Gasteiger partial charge in [0.05, 0.1) is 6.04 Å². The summed E-state index contributed by atoms with van der Waals surface area (Å²) >= 11 is 4.06. The standard InChI is InChI=1S/C13H15IN2S/c1-2-12(13-15-6-7-17-13)16-9-10-4-3-5-11(14)8-10/h3-8,12,16H,2,9H2,1H3. The molecule has 17 heavy (non-hydrogen) atoms. The van der Waals surface area contributed by atoms with E-state index in [1.165, 1.54) is 14.1 Å². The predicted octanol–water partition coefficient (Wildman–Crippen LogP) is 3.99. The van der Waals surface area contributed by atoms with Gasteiger partial charge >= 0.3 is 0 Å². The molecule has 2 nitrogen and oxygen atoms in total. The van der Waals surface area contributed by atoms with E-state index >= 15 is 0 Å². The fourth-order valence-electron chi connectivity index (χ4n) is 1.70. The first-order valence-corrected chi connectivity index (χ1v) is 7.62. The molecule has 90 valence electrons. The van der Waals surface area contributed by atoms with E-state index in [0.717, 1.165) is 13.0 Å². The lowest BCUT2D eigenvalue weighted by atomic mass is 10.2. The second kappa shape index (κ2) is 6.47. The summed E-state index contributed by atoms with van der Waals surface area (Å²) in [6.45, 7) is 3.09. The summed E-state index contributed by atoms with van der Waals surface area (Å²) in [6, 6.07) is 8.95. The highest BCUT2D eigenvalue weighted by Crippen LogP contribution is 2.19. The van der Waals surface area contributed by atoms with Gasteiger partial charge in [-0.3, -0.25) is 0 Å².